The van der Waals surface area contributed by atoms with E-state index < -0.39 is 0 Å². The number of benzene rings is 1. The van der Waals surface area contributed by atoms with Crippen LogP contribution in [-0.2, 0) is 0 Å². The van der Waals surface area contributed by atoms with Crippen LogP contribution in [0.1, 0.15) is 34.1 Å². The molecule has 2 aliphatic rings. The summed E-state index contributed by atoms with van der Waals surface area (Å²) in [5, 5.41) is 0. The van der Waals surface area contributed by atoms with Gasteiger partial charge in [-0.3, -0.25) is 14.5 Å². The van der Waals surface area contributed by atoms with E-state index in [0.29, 0.717) is 30.1 Å². The van der Waals surface area contributed by atoms with E-state index in [1.807, 2.05) is 0 Å². The summed E-state index contributed by atoms with van der Waals surface area (Å²) in [5.74, 6) is 0.191. The number of hydrogen-bond acceptors (Lipinski definition) is 4. The van der Waals surface area contributed by atoms with E-state index in [9.17, 15) is 9.59 Å². The van der Waals surface area contributed by atoms with E-state index in [0.717, 1.165) is 19.5 Å². The van der Waals surface area contributed by atoms with Crippen molar-refractivity contribution in [2.75, 3.05) is 26.2 Å². The number of likely N-dealkylation sites (tertiary alicyclic amines) is 1. The normalized spacial score (nSPS) is 26.3. The smallest absolute Gasteiger partial charge is 0.261 e. The number of carbonyl (C=O) groups is 2. The van der Waals surface area contributed by atoms with Crippen molar-refractivity contribution in [2.24, 2.45) is 11.7 Å². The highest BCUT2D eigenvalue weighted by molar-refractivity contribution is 6.21. The van der Waals surface area contributed by atoms with Gasteiger partial charge in [0.25, 0.3) is 11.8 Å². The molecule has 0 unspecified atom stereocenters. The minimum Gasteiger partial charge on any atom is -0.326 e. The van der Waals surface area contributed by atoms with Gasteiger partial charge in [0.05, 0.1) is 11.1 Å². The third-order valence-electron chi connectivity index (χ3n) is 4.62. The molecule has 5 heteroatoms. The van der Waals surface area contributed by atoms with Gasteiger partial charge in [-0.15, -0.1) is 0 Å². The third kappa shape index (κ3) is 2.59. The fourth-order valence-electron chi connectivity index (χ4n) is 3.06. The van der Waals surface area contributed by atoms with Crippen molar-refractivity contribution in [3.8, 4) is 0 Å². The van der Waals surface area contributed by atoms with Gasteiger partial charge in [0.15, 0.2) is 0 Å². The van der Waals surface area contributed by atoms with Crippen LogP contribution >= 0.6 is 0 Å². The molecular formula is C16H21N3O2. The molecule has 5 nitrogen and oxygen atoms in total. The Morgan fingerprint density at radius 3 is 2.33 bits per heavy atom. The van der Waals surface area contributed by atoms with E-state index in [-0.39, 0.29) is 17.9 Å². The Kier molecular flexibility index (Phi) is 3.78. The first-order valence-electron chi connectivity index (χ1n) is 7.51. The van der Waals surface area contributed by atoms with Crippen LogP contribution in [0.2, 0.25) is 0 Å². The van der Waals surface area contributed by atoms with Crippen LogP contribution < -0.4 is 5.73 Å². The molecule has 2 heterocycles. The summed E-state index contributed by atoms with van der Waals surface area (Å²) in [6.45, 7) is 5.13. The Balaban J connectivity index is 1.62. The minimum atomic E-state index is -0.176. The molecule has 2 N–H and O–H groups in total. The zero-order chi connectivity index (χ0) is 15.0. The van der Waals surface area contributed by atoms with E-state index >= 15 is 0 Å². The van der Waals surface area contributed by atoms with Gasteiger partial charge in [0.1, 0.15) is 0 Å². The first kappa shape index (κ1) is 14.2. The Hall–Kier alpha value is -1.72. The predicted octanol–water partition coefficient (Wildman–Crippen LogP) is 0.952. The highest BCUT2D eigenvalue weighted by atomic mass is 16.2. The zero-order valence-electron chi connectivity index (χ0n) is 12.3. The molecule has 1 saturated heterocycles. The van der Waals surface area contributed by atoms with Crippen molar-refractivity contribution in [1.82, 2.24) is 9.80 Å². The van der Waals surface area contributed by atoms with E-state index in [4.69, 9.17) is 5.73 Å². The molecule has 0 spiro atoms. The fraction of sp³-hybridized carbons (Fsp3) is 0.500. The number of fused-ring (bicyclic) bond motifs is 1. The molecule has 21 heavy (non-hydrogen) atoms. The second-order valence-corrected chi connectivity index (χ2v) is 6.04. The van der Waals surface area contributed by atoms with Crippen molar-refractivity contribution >= 4 is 11.8 Å². The number of carbonyl (C=O) groups excluding carboxylic acids is 2. The lowest BCUT2D eigenvalue weighted by molar-refractivity contribution is 0.0623. The molecule has 3 rings (SSSR count). The molecule has 0 saturated carbocycles. The van der Waals surface area contributed by atoms with Crippen molar-refractivity contribution in [2.45, 2.75) is 19.4 Å². The highest BCUT2D eigenvalue weighted by Gasteiger charge is 2.35. The number of hydrogen-bond donors (Lipinski definition) is 1. The van der Waals surface area contributed by atoms with E-state index in [2.05, 4.69) is 11.8 Å². The lowest BCUT2D eigenvalue weighted by Crippen LogP contribution is -2.49. The van der Waals surface area contributed by atoms with Gasteiger partial charge in [-0.05, 0) is 31.0 Å². The maximum absolute atomic E-state index is 12.3. The maximum Gasteiger partial charge on any atom is 0.261 e. The van der Waals surface area contributed by atoms with Crippen molar-refractivity contribution in [3.05, 3.63) is 35.4 Å². The summed E-state index contributed by atoms with van der Waals surface area (Å²) < 4.78 is 0. The fourth-order valence-corrected chi connectivity index (χ4v) is 3.06. The lowest BCUT2D eigenvalue weighted by Gasteiger charge is -2.35. The second-order valence-electron chi connectivity index (χ2n) is 6.04. The zero-order valence-corrected chi connectivity index (χ0v) is 12.3. The van der Waals surface area contributed by atoms with Crippen LogP contribution in [0.3, 0.4) is 0 Å². The molecule has 2 amide bonds. The molecule has 2 atom stereocenters. The molecule has 0 radical (unpaired) electrons. The van der Waals surface area contributed by atoms with Gasteiger partial charge >= 0.3 is 0 Å². The van der Waals surface area contributed by atoms with Crippen molar-refractivity contribution < 1.29 is 9.59 Å². The largest absolute Gasteiger partial charge is 0.326 e. The van der Waals surface area contributed by atoms with Gasteiger partial charge in [0.2, 0.25) is 0 Å². The quantitative estimate of drug-likeness (QED) is 0.841. The lowest BCUT2D eigenvalue weighted by atomic mass is 9.94. The van der Waals surface area contributed by atoms with Crippen molar-refractivity contribution in [1.29, 1.82) is 0 Å². The second kappa shape index (κ2) is 5.58. The minimum absolute atomic E-state index is 0.176. The summed E-state index contributed by atoms with van der Waals surface area (Å²) in [4.78, 5) is 28.1. The topological polar surface area (TPSA) is 66.6 Å². The number of imide groups is 1. The number of piperidine rings is 1. The molecule has 112 valence electrons. The van der Waals surface area contributed by atoms with Crippen LogP contribution in [0.15, 0.2) is 24.3 Å². The average molecular weight is 287 g/mol. The maximum atomic E-state index is 12.3. The van der Waals surface area contributed by atoms with E-state index in [1.54, 1.807) is 24.3 Å². The number of nitrogens with two attached hydrogens (primary N) is 1. The molecule has 2 aliphatic heterocycles. The van der Waals surface area contributed by atoms with E-state index in [1.165, 1.54) is 4.90 Å². The van der Waals surface area contributed by atoms with Crippen LogP contribution in [0.5, 0.6) is 0 Å². The molecule has 1 aromatic rings. The standard InChI is InChI=1S/C16H21N3O2/c1-11-6-7-18(10-14(11)17)8-9-19-15(20)12-4-2-3-5-13(12)16(19)21/h2-5,11,14H,6-10,17H2,1H3/t11-,14+/m1/s1. The summed E-state index contributed by atoms with van der Waals surface area (Å²) in [7, 11) is 0. The molecule has 1 aromatic carbocycles. The van der Waals surface area contributed by atoms with Gasteiger partial charge in [0, 0.05) is 25.7 Å². The van der Waals surface area contributed by atoms with Crippen molar-refractivity contribution in [3.63, 3.8) is 0 Å². The predicted molar refractivity (Wildman–Crippen MR) is 80.0 cm³/mol. The Labute approximate surface area is 124 Å². The van der Waals surface area contributed by atoms with Crippen LogP contribution in [0.25, 0.3) is 0 Å². The Morgan fingerprint density at radius 2 is 1.76 bits per heavy atom. The average Bonchev–Trinajstić information content (AvgIpc) is 2.73. The number of amides is 2. The summed E-state index contributed by atoms with van der Waals surface area (Å²) in [6.07, 6.45) is 1.07. The summed E-state index contributed by atoms with van der Waals surface area (Å²) in [5.41, 5.74) is 7.13. The molecule has 1 fully saturated rings. The first-order valence-corrected chi connectivity index (χ1v) is 7.51. The van der Waals surface area contributed by atoms with Gasteiger partial charge in [-0.25, -0.2) is 0 Å². The van der Waals surface area contributed by atoms with Crippen LogP contribution in [0.4, 0.5) is 0 Å². The highest BCUT2D eigenvalue weighted by Crippen LogP contribution is 2.22. The molecule has 0 aliphatic carbocycles. The molecule has 0 bridgehead atoms. The number of nitrogens with zero attached hydrogens (tertiary/aromatic N) is 2. The van der Waals surface area contributed by atoms with Gasteiger partial charge in [-0.2, -0.15) is 0 Å². The molecule has 0 aromatic heterocycles. The summed E-state index contributed by atoms with van der Waals surface area (Å²) in [6, 6.07) is 7.19. The first-order chi connectivity index (χ1) is 10.1. The molecular weight excluding hydrogens is 266 g/mol. The van der Waals surface area contributed by atoms with Gasteiger partial charge < -0.3 is 10.6 Å². The monoisotopic (exact) mass is 287 g/mol. The van der Waals surface area contributed by atoms with Crippen LogP contribution in [-0.4, -0.2) is 53.8 Å². The Bertz CT molecular complexity index is 537. The third-order valence-corrected chi connectivity index (χ3v) is 4.62. The van der Waals surface area contributed by atoms with Crippen LogP contribution in [0, 0.1) is 5.92 Å². The summed E-state index contributed by atoms with van der Waals surface area (Å²) >= 11 is 0. The Morgan fingerprint density at radius 1 is 1.14 bits per heavy atom. The number of rotatable bonds is 3. The van der Waals surface area contributed by atoms with Gasteiger partial charge in [-0.1, -0.05) is 19.1 Å². The SMILES string of the molecule is C[C@@H]1CCN(CCN2C(=O)c3ccccc3C2=O)C[C@@H]1N.